The van der Waals surface area contributed by atoms with Gasteiger partial charge >= 0.3 is 0 Å². The number of anilines is 1. The number of hydrogen-bond acceptors (Lipinski definition) is 5. The molecule has 2 heterocycles. The molecule has 9 heteroatoms. The number of aryl methyl sites for hydroxylation is 1. The summed E-state index contributed by atoms with van der Waals surface area (Å²) in [6.45, 7) is 1.76. The number of nitrogens with one attached hydrogen (secondary N) is 1. The molecular formula is C21H17FN4O3S. The number of ether oxygens (including phenoxy) is 1. The van der Waals surface area contributed by atoms with E-state index in [-0.39, 0.29) is 5.69 Å². The van der Waals surface area contributed by atoms with E-state index in [1.165, 1.54) is 30.3 Å². The number of sulfonamides is 1. The molecule has 2 aromatic heterocycles. The molecule has 0 radical (unpaired) electrons. The lowest BCUT2D eigenvalue weighted by Crippen LogP contribution is -2.14. The molecule has 4 rings (SSSR count). The highest BCUT2D eigenvalue weighted by molar-refractivity contribution is 7.92. The Bertz CT molecular complexity index is 1270. The van der Waals surface area contributed by atoms with Crippen molar-refractivity contribution in [2.75, 3.05) is 4.72 Å². The number of rotatable bonds is 6. The first-order chi connectivity index (χ1) is 14.4. The van der Waals surface area contributed by atoms with Gasteiger partial charge in [-0.25, -0.2) is 17.8 Å². The van der Waals surface area contributed by atoms with Gasteiger partial charge in [0.1, 0.15) is 28.1 Å². The summed E-state index contributed by atoms with van der Waals surface area (Å²) >= 11 is 0. The van der Waals surface area contributed by atoms with Gasteiger partial charge in [0.2, 0.25) is 5.88 Å². The van der Waals surface area contributed by atoms with Gasteiger partial charge in [0.15, 0.2) is 0 Å². The Labute approximate surface area is 172 Å². The molecular weight excluding hydrogens is 407 g/mol. The first kappa shape index (κ1) is 19.6. The Morgan fingerprint density at radius 3 is 2.37 bits per heavy atom. The van der Waals surface area contributed by atoms with Gasteiger partial charge in [-0.15, -0.1) is 0 Å². The summed E-state index contributed by atoms with van der Waals surface area (Å²) in [4.78, 5) is 8.23. The lowest BCUT2D eigenvalue weighted by atomic mass is 10.3. The van der Waals surface area contributed by atoms with Crippen molar-refractivity contribution in [1.82, 2.24) is 14.5 Å². The van der Waals surface area contributed by atoms with Crippen LogP contribution < -0.4 is 9.46 Å². The quantitative estimate of drug-likeness (QED) is 0.499. The van der Waals surface area contributed by atoms with Crippen LogP contribution in [0, 0.1) is 12.7 Å². The Morgan fingerprint density at radius 1 is 0.967 bits per heavy atom. The zero-order chi connectivity index (χ0) is 21.1. The maximum absolute atomic E-state index is 13.8. The second-order valence-corrected chi connectivity index (χ2v) is 8.02. The molecule has 0 atom stereocenters. The van der Waals surface area contributed by atoms with Crippen molar-refractivity contribution in [3.05, 3.63) is 90.8 Å². The molecule has 152 valence electrons. The topological polar surface area (TPSA) is 86.1 Å². The van der Waals surface area contributed by atoms with E-state index in [2.05, 4.69) is 14.7 Å². The smallest absolute Gasteiger partial charge is 0.264 e. The van der Waals surface area contributed by atoms with Crippen LogP contribution >= 0.6 is 0 Å². The average molecular weight is 424 g/mol. The molecule has 0 bridgehead atoms. The highest BCUT2D eigenvalue weighted by Crippen LogP contribution is 2.25. The normalized spacial score (nSPS) is 11.3. The number of nitrogens with zero attached hydrogens (tertiary/aromatic N) is 3. The summed E-state index contributed by atoms with van der Waals surface area (Å²) < 4.78 is 48.5. The molecule has 0 aliphatic carbocycles. The highest BCUT2D eigenvalue weighted by atomic mass is 32.2. The molecule has 0 saturated heterocycles. The Morgan fingerprint density at radius 2 is 1.67 bits per heavy atom. The van der Waals surface area contributed by atoms with Gasteiger partial charge in [-0.1, -0.05) is 12.1 Å². The Kier molecular flexibility index (Phi) is 5.20. The van der Waals surface area contributed by atoms with E-state index in [9.17, 15) is 12.8 Å². The largest absolute Gasteiger partial charge is 0.439 e. The van der Waals surface area contributed by atoms with Crippen molar-refractivity contribution < 1.29 is 17.5 Å². The third-order valence-electron chi connectivity index (χ3n) is 4.13. The molecule has 0 aliphatic heterocycles. The van der Waals surface area contributed by atoms with Crippen LogP contribution in [-0.2, 0) is 10.0 Å². The summed E-state index contributed by atoms with van der Waals surface area (Å²) in [6, 6.07) is 16.9. The molecule has 1 N–H and O–H groups in total. The van der Waals surface area contributed by atoms with Crippen LogP contribution in [0.2, 0.25) is 0 Å². The lowest BCUT2D eigenvalue weighted by molar-refractivity contribution is 0.459. The van der Waals surface area contributed by atoms with E-state index < -0.39 is 20.7 Å². The maximum atomic E-state index is 13.8. The van der Waals surface area contributed by atoms with Crippen molar-refractivity contribution in [3.63, 3.8) is 0 Å². The third-order valence-corrected chi connectivity index (χ3v) is 5.54. The SMILES string of the molecule is Cc1nc(Oc2ccc(NS(=O)(=O)c3ccccc3F)cc2)cc(-n2cccc2)n1. The summed E-state index contributed by atoms with van der Waals surface area (Å²) in [6.07, 6.45) is 3.73. The maximum Gasteiger partial charge on any atom is 0.264 e. The predicted octanol–water partition coefficient (Wildman–Crippen LogP) is 4.31. The minimum atomic E-state index is -4.04. The Hall–Kier alpha value is -3.72. The molecule has 0 amide bonds. The molecule has 2 aromatic carbocycles. The molecule has 7 nitrogen and oxygen atoms in total. The molecule has 4 aromatic rings. The zero-order valence-corrected chi connectivity index (χ0v) is 16.7. The van der Waals surface area contributed by atoms with Crippen LogP contribution in [0.4, 0.5) is 10.1 Å². The molecule has 30 heavy (non-hydrogen) atoms. The van der Waals surface area contributed by atoms with Crippen LogP contribution in [0.25, 0.3) is 5.82 Å². The van der Waals surface area contributed by atoms with Gasteiger partial charge in [0.25, 0.3) is 10.0 Å². The molecule has 0 saturated carbocycles. The van der Waals surface area contributed by atoms with Gasteiger partial charge < -0.3 is 9.30 Å². The number of aromatic nitrogens is 3. The van der Waals surface area contributed by atoms with Crippen molar-refractivity contribution in [3.8, 4) is 17.4 Å². The van der Waals surface area contributed by atoms with E-state index in [1.807, 2.05) is 29.1 Å². The molecule has 0 spiro atoms. The van der Waals surface area contributed by atoms with Crippen molar-refractivity contribution >= 4 is 15.7 Å². The number of halogens is 1. The summed E-state index contributed by atoms with van der Waals surface area (Å²) in [5.41, 5.74) is 0.275. The average Bonchev–Trinajstić information content (AvgIpc) is 3.24. The molecule has 0 aliphatic rings. The minimum absolute atomic E-state index is 0.275. The van der Waals surface area contributed by atoms with Crippen molar-refractivity contribution in [2.24, 2.45) is 0 Å². The fraction of sp³-hybridized carbons (Fsp3) is 0.0476. The second kappa shape index (κ2) is 7.96. The summed E-state index contributed by atoms with van der Waals surface area (Å²) in [5.74, 6) is 1.20. The second-order valence-electron chi connectivity index (χ2n) is 6.36. The summed E-state index contributed by atoms with van der Waals surface area (Å²) in [7, 11) is -4.04. The van der Waals surface area contributed by atoms with E-state index in [0.29, 0.717) is 23.3 Å². The van der Waals surface area contributed by atoms with Crippen LogP contribution in [0.15, 0.2) is 84.0 Å². The van der Waals surface area contributed by atoms with Gasteiger partial charge in [-0.3, -0.25) is 4.72 Å². The zero-order valence-electron chi connectivity index (χ0n) is 15.9. The highest BCUT2D eigenvalue weighted by Gasteiger charge is 2.18. The van der Waals surface area contributed by atoms with E-state index in [0.717, 1.165) is 6.07 Å². The van der Waals surface area contributed by atoms with Crippen LogP contribution in [0.3, 0.4) is 0 Å². The van der Waals surface area contributed by atoms with E-state index in [4.69, 9.17) is 4.74 Å². The van der Waals surface area contributed by atoms with Gasteiger partial charge in [-0.05, 0) is 55.5 Å². The first-order valence-corrected chi connectivity index (χ1v) is 10.4. The van der Waals surface area contributed by atoms with E-state index >= 15 is 0 Å². The standard InChI is InChI=1S/C21H17FN4O3S/c1-15-23-20(26-12-4-5-13-26)14-21(24-15)29-17-10-8-16(9-11-17)25-30(27,28)19-7-3-2-6-18(19)22/h2-14,25H,1H3. The monoisotopic (exact) mass is 424 g/mol. The van der Waals surface area contributed by atoms with E-state index in [1.54, 1.807) is 25.1 Å². The first-order valence-electron chi connectivity index (χ1n) is 8.95. The number of benzene rings is 2. The Balaban J connectivity index is 1.52. The summed E-state index contributed by atoms with van der Waals surface area (Å²) in [5, 5.41) is 0. The lowest BCUT2D eigenvalue weighted by Gasteiger charge is -2.11. The van der Waals surface area contributed by atoms with Gasteiger partial charge in [-0.2, -0.15) is 4.98 Å². The fourth-order valence-electron chi connectivity index (χ4n) is 2.78. The van der Waals surface area contributed by atoms with Crippen molar-refractivity contribution in [2.45, 2.75) is 11.8 Å². The third kappa shape index (κ3) is 4.31. The van der Waals surface area contributed by atoms with Crippen LogP contribution in [-0.4, -0.2) is 23.0 Å². The van der Waals surface area contributed by atoms with Gasteiger partial charge in [0, 0.05) is 24.1 Å². The molecule has 0 unspecified atom stereocenters. The van der Waals surface area contributed by atoms with Crippen LogP contribution in [0.5, 0.6) is 11.6 Å². The molecule has 0 fully saturated rings. The van der Waals surface area contributed by atoms with Crippen LogP contribution in [0.1, 0.15) is 5.82 Å². The minimum Gasteiger partial charge on any atom is -0.439 e. The fourth-order valence-corrected chi connectivity index (χ4v) is 3.92. The number of hydrogen-bond donors (Lipinski definition) is 1. The predicted molar refractivity (Wildman–Crippen MR) is 110 cm³/mol. The van der Waals surface area contributed by atoms with Gasteiger partial charge in [0.05, 0.1) is 0 Å². The van der Waals surface area contributed by atoms with Crippen molar-refractivity contribution in [1.29, 1.82) is 0 Å².